The first-order chi connectivity index (χ1) is 16.1. The van der Waals surface area contributed by atoms with Gasteiger partial charge in [0.1, 0.15) is 11.6 Å². The number of carboxylic acids is 1. The maximum absolute atomic E-state index is 13.7. The van der Waals surface area contributed by atoms with Crippen LogP contribution in [-0.2, 0) is 16.0 Å². The molecule has 0 unspecified atom stereocenters. The Morgan fingerprint density at radius 2 is 1.89 bits per heavy atom. The summed E-state index contributed by atoms with van der Waals surface area (Å²) in [4.78, 5) is 29.7. The van der Waals surface area contributed by atoms with Crippen LogP contribution in [0.1, 0.15) is 62.3 Å². The van der Waals surface area contributed by atoms with Crippen LogP contribution in [-0.4, -0.2) is 46.3 Å². The molecule has 35 heavy (non-hydrogen) atoms. The Morgan fingerprint density at radius 3 is 2.49 bits per heavy atom. The molecule has 9 heteroatoms. The summed E-state index contributed by atoms with van der Waals surface area (Å²) in [5.74, 6) is -1.23. The summed E-state index contributed by atoms with van der Waals surface area (Å²) in [7, 11) is 1.70. The van der Waals surface area contributed by atoms with E-state index in [1.54, 1.807) is 30.2 Å². The minimum absolute atomic E-state index is 0. The van der Waals surface area contributed by atoms with Gasteiger partial charge in [-0.15, -0.1) is 0 Å². The molecule has 182 valence electrons. The molecule has 2 heterocycles. The van der Waals surface area contributed by atoms with Crippen LogP contribution < -0.4 is 39.6 Å². The summed E-state index contributed by atoms with van der Waals surface area (Å²) in [5, 5.41) is 30.9. The van der Waals surface area contributed by atoms with Crippen LogP contribution >= 0.6 is 0 Å². The number of nitrogens with zero attached hydrogens (tertiary/aromatic N) is 2. The van der Waals surface area contributed by atoms with Crippen LogP contribution in [0.25, 0.3) is 17.2 Å². The van der Waals surface area contributed by atoms with Crippen molar-refractivity contribution in [3.8, 4) is 11.1 Å². The van der Waals surface area contributed by atoms with Crippen molar-refractivity contribution in [1.82, 2.24) is 4.98 Å². The van der Waals surface area contributed by atoms with Gasteiger partial charge in [0, 0.05) is 43.4 Å². The van der Waals surface area contributed by atoms with Gasteiger partial charge >= 0.3 is 29.6 Å². The largest absolute Gasteiger partial charge is 1.00 e. The number of carboxylic acid groups (broad SMARTS) is 1. The summed E-state index contributed by atoms with van der Waals surface area (Å²) in [6.07, 6.45) is 1.79. The van der Waals surface area contributed by atoms with Crippen molar-refractivity contribution in [1.29, 1.82) is 0 Å². The van der Waals surface area contributed by atoms with Crippen molar-refractivity contribution in [3.05, 3.63) is 53.0 Å². The molecule has 1 aliphatic heterocycles. The number of aliphatic carboxylic acids is 1. The monoisotopic (exact) mass is 492 g/mol. The summed E-state index contributed by atoms with van der Waals surface area (Å²) in [5.41, 5.74) is 3.88. The molecule has 0 bridgehead atoms. The number of anilines is 1. The summed E-state index contributed by atoms with van der Waals surface area (Å²) in [6, 6.07) is 6.11. The Morgan fingerprint density at radius 1 is 1.23 bits per heavy atom. The van der Waals surface area contributed by atoms with Crippen molar-refractivity contribution >= 4 is 23.8 Å². The minimum Gasteiger partial charge on any atom is -0.550 e. The van der Waals surface area contributed by atoms with E-state index in [-0.39, 0.29) is 53.6 Å². The number of carbonyl (C=O) groups is 2. The second kappa shape index (κ2) is 12.7. The van der Waals surface area contributed by atoms with E-state index in [1.807, 2.05) is 13.8 Å². The van der Waals surface area contributed by atoms with E-state index in [2.05, 4.69) is 0 Å². The number of halogens is 1. The Hall–Kier alpha value is -2.10. The van der Waals surface area contributed by atoms with Crippen LogP contribution in [0, 0.1) is 5.82 Å². The number of fused-ring (bicyclic) bond motifs is 1. The Balaban J connectivity index is 0.00000432. The van der Waals surface area contributed by atoms with Gasteiger partial charge in [-0.3, -0.25) is 9.69 Å². The van der Waals surface area contributed by atoms with Gasteiger partial charge in [0.25, 0.3) is 0 Å². The number of benzene rings is 1. The number of aliphatic hydroxyl groups excluding tert-OH is 2. The molecule has 1 amide bonds. The van der Waals surface area contributed by atoms with E-state index >= 15 is 0 Å². The second-order valence-corrected chi connectivity index (χ2v) is 8.95. The first-order valence-corrected chi connectivity index (χ1v) is 11.4. The topological polar surface area (TPSA) is 114 Å². The fraction of sp³-hybridized carbons (Fsp3) is 0.423. The van der Waals surface area contributed by atoms with Crippen molar-refractivity contribution < 1.29 is 58.9 Å². The average molecular weight is 493 g/mol. The number of pyridine rings is 1. The molecular formula is C26H30FN2NaO5. The van der Waals surface area contributed by atoms with Gasteiger partial charge in [-0.1, -0.05) is 38.1 Å². The molecular weight excluding hydrogens is 462 g/mol. The molecule has 0 fully saturated rings. The SMILES string of the molecule is CC(C)c1nc2c(c(-c3ccc(F)cc3)c1/C=C/[C@@H](O)C[C@@H](O)CC(=O)[O-])CCCC(=O)N2C.[Na+]. The normalized spacial score (nSPS) is 15.5. The fourth-order valence-corrected chi connectivity index (χ4v) is 4.26. The average Bonchev–Trinajstić information content (AvgIpc) is 2.89. The van der Waals surface area contributed by atoms with Gasteiger partial charge in [-0.2, -0.15) is 0 Å². The molecule has 0 radical (unpaired) electrons. The van der Waals surface area contributed by atoms with Crippen LogP contribution in [0.4, 0.5) is 10.2 Å². The van der Waals surface area contributed by atoms with Gasteiger partial charge in [0.05, 0.1) is 17.9 Å². The van der Waals surface area contributed by atoms with Crippen molar-refractivity contribution in [3.63, 3.8) is 0 Å². The number of amides is 1. The van der Waals surface area contributed by atoms with E-state index < -0.39 is 24.6 Å². The zero-order valence-corrected chi connectivity index (χ0v) is 22.6. The smallest absolute Gasteiger partial charge is 0.550 e. The molecule has 2 aromatic rings. The predicted molar refractivity (Wildman–Crippen MR) is 125 cm³/mol. The molecule has 0 aliphatic carbocycles. The molecule has 2 atom stereocenters. The van der Waals surface area contributed by atoms with Crippen LogP contribution in [0.5, 0.6) is 0 Å². The molecule has 7 nitrogen and oxygen atoms in total. The summed E-state index contributed by atoms with van der Waals surface area (Å²) >= 11 is 0. The van der Waals surface area contributed by atoms with Gasteiger partial charge < -0.3 is 20.1 Å². The molecule has 3 rings (SSSR count). The molecule has 0 saturated carbocycles. The summed E-state index contributed by atoms with van der Waals surface area (Å²) < 4.78 is 13.7. The zero-order valence-electron chi connectivity index (χ0n) is 20.6. The van der Waals surface area contributed by atoms with Crippen molar-refractivity contribution in [2.75, 3.05) is 11.9 Å². The van der Waals surface area contributed by atoms with Gasteiger partial charge in [-0.05, 0) is 42.0 Å². The Kier molecular flexibility index (Phi) is 10.6. The number of hydrogen-bond acceptors (Lipinski definition) is 6. The molecule has 2 N–H and O–H groups in total. The van der Waals surface area contributed by atoms with E-state index in [1.165, 1.54) is 18.2 Å². The molecule has 1 aromatic carbocycles. The number of aliphatic hydroxyl groups is 2. The minimum atomic E-state index is -1.39. The molecule has 1 aliphatic rings. The molecule has 0 spiro atoms. The van der Waals surface area contributed by atoms with E-state index in [0.29, 0.717) is 30.8 Å². The van der Waals surface area contributed by atoms with Gasteiger partial charge in [0.2, 0.25) is 5.91 Å². The third kappa shape index (κ3) is 7.21. The first-order valence-electron chi connectivity index (χ1n) is 11.4. The zero-order chi connectivity index (χ0) is 25.0. The number of hydrogen-bond donors (Lipinski definition) is 2. The standard InChI is InChI=1S/C26H31FN2O5.Na/c1-15(2)25-20(12-11-18(30)13-19(31)14-23(33)34)24(16-7-9-17(27)10-8-16)21-5-4-6-22(32)29(3)26(21)28-25;/h7-12,15,18-19,30-31H,4-6,13-14H2,1-3H3,(H,33,34);/q;+1/p-1/b12-11+;/t18-,19-;/m1./s1. The summed E-state index contributed by atoms with van der Waals surface area (Å²) in [6.45, 7) is 3.94. The van der Waals surface area contributed by atoms with E-state index in [9.17, 15) is 29.3 Å². The van der Waals surface area contributed by atoms with Crippen LogP contribution in [0.3, 0.4) is 0 Å². The second-order valence-electron chi connectivity index (χ2n) is 8.95. The first kappa shape index (κ1) is 29.1. The maximum atomic E-state index is 13.7. The quantitative estimate of drug-likeness (QED) is 0.484. The third-order valence-corrected chi connectivity index (χ3v) is 5.93. The maximum Gasteiger partial charge on any atom is 1.00 e. The van der Waals surface area contributed by atoms with E-state index in [0.717, 1.165) is 22.3 Å². The number of aromatic nitrogens is 1. The Bertz CT molecular complexity index is 1090. The van der Waals surface area contributed by atoms with Crippen molar-refractivity contribution in [2.45, 2.75) is 64.1 Å². The van der Waals surface area contributed by atoms with Gasteiger partial charge in [-0.25, -0.2) is 9.37 Å². The fourth-order valence-electron chi connectivity index (χ4n) is 4.26. The van der Waals surface area contributed by atoms with Crippen molar-refractivity contribution in [2.24, 2.45) is 0 Å². The predicted octanol–water partition coefficient (Wildman–Crippen LogP) is -0.421. The number of rotatable bonds is 8. The van der Waals surface area contributed by atoms with Crippen LogP contribution in [0.15, 0.2) is 30.3 Å². The molecule has 0 saturated heterocycles. The number of carbonyl (C=O) groups excluding carboxylic acids is 2. The third-order valence-electron chi connectivity index (χ3n) is 5.93. The Labute approximate surface area is 227 Å². The van der Waals surface area contributed by atoms with E-state index in [4.69, 9.17) is 4.98 Å². The molecule has 1 aromatic heterocycles. The van der Waals surface area contributed by atoms with Gasteiger partial charge in [0.15, 0.2) is 0 Å². The van der Waals surface area contributed by atoms with Crippen LogP contribution in [0.2, 0.25) is 0 Å².